The molecule has 1 spiro atoms. The fraction of sp³-hybridized carbons (Fsp3) is 0.706. The van der Waals surface area contributed by atoms with Gasteiger partial charge in [-0.05, 0) is 0 Å². The molecule has 0 saturated carbocycles. The minimum Gasteiger partial charge on any atom is -0.387 e. The fourth-order valence-corrected chi connectivity index (χ4v) is 4.36. The van der Waals surface area contributed by atoms with Gasteiger partial charge < -0.3 is 14.9 Å². The van der Waals surface area contributed by atoms with Crippen LogP contribution in [-0.2, 0) is 20.9 Å². The molecular weight excluding hydrogens is 354 g/mol. The number of carbonyl (C=O) groups excluding carboxylic acids is 1. The molecule has 2 fully saturated rings. The molecule has 3 aliphatic heterocycles. The Hall–Kier alpha value is -1.55. The molecule has 4 heterocycles. The van der Waals surface area contributed by atoms with Crippen LogP contribution in [0.25, 0.3) is 0 Å². The first-order valence-corrected chi connectivity index (χ1v) is 10.0. The molecular formula is C17H25N5O3S. The van der Waals surface area contributed by atoms with Crippen LogP contribution >= 0.6 is 11.3 Å². The predicted octanol–water partition coefficient (Wildman–Crippen LogP) is 0.312. The van der Waals surface area contributed by atoms with Crippen molar-refractivity contribution in [3.8, 4) is 0 Å². The third kappa shape index (κ3) is 4.22. The van der Waals surface area contributed by atoms with Crippen molar-refractivity contribution in [2.45, 2.75) is 25.0 Å². The molecule has 1 aromatic heterocycles. The number of amides is 1. The van der Waals surface area contributed by atoms with E-state index in [2.05, 4.69) is 25.3 Å². The SMILES string of the molecule is O=C(NCCN1CCOCC1)C1=NOC2(CCN(Cc3nccs3)C2)C1. The number of hydrogen-bond acceptors (Lipinski definition) is 8. The van der Waals surface area contributed by atoms with E-state index in [1.165, 1.54) is 0 Å². The fourth-order valence-electron chi connectivity index (χ4n) is 3.70. The number of carbonyl (C=O) groups is 1. The molecule has 1 aromatic rings. The van der Waals surface area contributed by atoms with Gasteiger partial charge in [0.25, 0.3) is 5.91 Å². The van der Waals surface area contributed by atoms with E-state index in [1.54, 1.807) is 11.3 Å². The van der Waals surface area contributed by atoms with Gasteiger partial charge >= 0.3 is 0 Å². The van der Waals surface area contributed by atoms with Gasteiger partial charge in [-0.2, -0.15) is 0 Å². The van der Waals surface area contributed by atoms with Crippen molar-refractivity contribution in [3.05, 3.63) is 16.6 Å². The van der Waals surface area contributed by atoms with E-state index in [1.807, 2.05) is 11.6 Å². The molecule has 1 atom stereocenters. The van der Waals surface area contributed by atoms with Crippen LogP contribution in [0.1, 0.15) is 17.8 Å². The van der Waals surface area contributed by atoms with Gasteiger partial charge in [-0.1, -0.05) is 5.16 Å². The number of thiazole rings is 1. The quantitative estimate of drug-likeness (QED) is 0.767. The van der Waals surface area contributed by atoms with Gasteiger partial charge in [0.1, 0.15) is 10.7 Å². The zero-order valence-electron chi connectivity index (χ0n) is 14.9. The van der Waals surface area contributed by atoms with Crippen molar-refractivity contribution in [3.63, 3.8) is 0 Å². The molecule has 0 aromatic carbocycles. The average molecular weight is 379 g/mol. The Bertz CT molecular complexity index is 647. The molecule has 4 rings (SSSR count). The van der Waals surface area contributed by atoms with E-state index >= 15 is 0 Å². The summed E-state index contributed by atoms with van der Waals surface area (Å²) in [5, 5.41) is 10.2. The molecule has 0 bridgehead atoms. The Balaban J connectivity index is 1.21. The maximum Gasteiger partial charge on any atom is 0.269 e. The molecule has 142 valence electrons. The minimum atomic E-state index is -0.339. The van der Waals surface area contributed by atoms with Crippen molar-refractivity contribution in [1.29, 1.82) is 0 Å². The van der Waals surface area contributed by atoms with E-state index in [9.17, 15) is 4.79 Å². The van der Waals surface area contributed by atoms with Crippen LogP contribution < -0.4 is 5.32 Å². The molecule has 26 heavy (non-hydrogen) atoms. The van der Waals surface area contributed by atoms with E-state index in [0.717, 1.165) is 63.9 Å². The second-order valence-electron chi connectivity index (χ2n) is 7.09. The monoisotopic (exact) mass is 379 g/mol. The summed E-state index contributed by atoms with van der Waals surface area (Å²) >= 11 is 1.67. The minimum absolute atomic E-state index is 0.103. The van der Waals surface area contributed by atoms with E-state index in [-0.39, 0.29) is 11.5 Å². The van der Waals surface area contributed by atoms with Crippen molar-refractivity contribution < 1.29 is 14.4 Å². The third-order valence-corrected chi connectivity index (χ3v) is 5.92. The summed E-state index contributed by atoms with van der Waals surface area (Å²) in [7, 11) is 0. The summed E-state index contributed by atoms with van der Waals surface area (Å²) in [5.41, 5.74) is 0.178. The Morgan fingerprint density at radius 1 is 1.31 bits per heavy atom. The number of morpholine rings is 1. The third-order valence-electron chi connectivity index (χ3n) is 5.16. The van der Waals surface area contributed by atoms with Gasteiger partial charge in [-0.3, -0.25) is 14.6 Å². The van der Waals surface area contributed by atoms with Gasteiger partial charge in [-0.15, -0.1) is 11.3 Å². The highest BCUT2D eigenvalue weighted by Crippen LogP contribution is 2.34. The first kappa shape index (κ1) is 17.8. The number of ether oxygens (including phenoxy) is 1. The molecule has 3 aliphatic rings. The number of aromatic nitrogens is 1. The summed E-state index contributed by atoms with van der Waals surface area (Å²) in [6.07, 6.45) is 3.32. The van der Waals surface area contributed by atoms with Gasteiger partial charge in [0.15, 0.2) is 5.60 Å². The number of likely N-dealkylation sites (tertiary alicyclic amines) is 1. The number of rotatable bonds is 6. The smallest absolute Gasteiger partial charge is 0.269 e. The summed E-state index contributed by atoms with van der Waals surface area (Å²) in [5.74, 6) is -0.103. The lowest BCUT2D eigenvalue weighted by molar-refractivity contribution is -0.115. The van der Waals surface area contributed by atoms with Crippen LogP contribution in [0.5, 0.6) is 0 Å². The second kappa shape index (κ2) is 7.99. The largest absolute Gasteiger partial charge is 0.387 e. The molecule has 9 heteroatoms. The molecule has 0 radical (unpaired) electrons. The first-order valence-electron chi connectivity index (χ1n) is 9.17. The van der Waals surface area contributed by atoms with Gasteiger partial charge in [0.05, 0.1) is 19.8 Å². The van der Waals surface area contributed by atoms with E-state index in [0.29, 0.717) is 18.7 Å². The van der Waals surface area contributed by atoms with Crippen LogP contribution in [0.2, 0.25) is 0 Å². The highest BCUT2D eigenvalue weighted by molar-refractivity contribution is 7.09. The summed E-state index contributed by atoms with van der Waals surface area (Å²) in [6, 6.07) is 0. The van der Waals surface area contributed by atoms with Gasteiger partial charge in [0, 0.05) is 63.7 Å². The molecule has 1 unspecified atom stereocenters. The lowest BCUT2D eigenvalue weighted by atomic mass is 9.96. The van der Waals surface area contributed by atoms with Crippen LogP contribution in [0.15, 0.2) is 16.7 Å². The summed E-state index contributed by atoms with van der Waals surface area (Å²) in [4.78, 5) is 27.1. The lowest BCUT2D eigenvalue weighted by Gasteiger charge is -2.26. The lowest BCUT2D eigenvalue weighted by Crippen LogP contribution is -2.43. The van der Waals surface area contributed by atoms with Crippen molar-refractivity contribution in [1.82, 2.24) is 20.1 Å². The normalized spacial score (nSPS) is 26.8. The van der Waals surface area contributed by atoms with Crippen LogP contribution in [-0.4, -0.2) is 84.5 Å². The topological polar surface area (TPSA) is 79.3 Å². The zero-order valence-corrected chi connectivity index (χ0v) is 15.7. The van der Waals surface area contributed by atoms with Crippen LogP contribution in [0, 0.1) is 0 Å². The number of oxime groups is 1. The Morgan fingerprint density at radius 2 is 2.19 bits per heavy atom. The van der Waals surface area contributed by atoms with Crippen molar-refractivity contribution >= 4 is 23.0 Å². The number of nitrogens with zero attached hydrogens (tertiary/aromatic N) is 4. The molecule has 2 saturated heterocycles. The predicted molar refractivity (Wildman–Crippen MR) is 98.1 cm³/mol. The maximum atomic E-state index is 12.4. The molecule has 8 nitrogen and oxygen atoms in total. The summed E-state index contributed by atoms with van der Waals surface area (Å²) < 4.78 is 5.33. The summed E-state index contributed by atoms with van der Waals surface area (Å²) in [6.45, 7) is 7.45. The van der Waals surface area contributed by atoms with E-state index < -0.39 is 0 Å². The standard InChI is InChI=1S/C17H25N5O3S/c23-16(19-2-5-21-6-8-24-9-7-21)14-11-17(25-20-14)1-4-22(13-17)12-15-18-3-10-26-15/h3,10H,1-2,4-9,11-13H2,(H,19,23). The first-order chi connectivity index (χ1) is 12.7. The Kier molecular flexibility index (Phi) is 5.49. The highest BCUT2D eigenvalue weighted by Gasteiger charge is 2.46. The van der Waals surface area contributed by atoms with Crippen LogP contribution in [0.3, 0.4) is 0 Å². The molecule has 1 amide bonds. The van der Waals surface area contributed by atoms with Crippen molar-refractivity contribution in [2.24, 2.45) is 5.16 Å². The Labute approximate surface area is 157 Å². The maximum absolute atomic E-state index is 12.4. The second-order valence-corrected chi connectivity index (χ2v) is 8.06. The highest BCUT2D eigenvalue weighted by atomic mass is 32.1. The van der Waals surface area contributed by atoms with Crippen LogP contribution in [0.4, 0.5) is 0 Å². The van der Waals surface area contributed by atoms with Crippen molar-refractivity contribution in [2.75, 3.05) is 52.5 Å². The van der Waals surface area contributed by atoms with Gasteiger partial charge in [-0.25, -0.2) is 4.98 Å². The molecule has 1 N–H and O–H groups in total. The molecule has 0 aliphatic carbocycles. The van der Waals surface area contributed by atoms with Gasteiger partial charge in [0.2, 0.25) is 0 Å². The zero-order chi connectivity index (χ0) is 17.8. The van der Waals surface area contributed by atoms with E-state index in [4.69, 9.17) is 9.57 Å². The Morgan fingerprint density at radius 3 is 3.00 bits per heavy atom. The number of nitrogens with one attached hydrogen (secondary N) is 1. The average Bonchev–Trinajstić information content (AvgIpc) is 3.39. The number of hydrogen-bond donors (Lipinski definition) is 1.